The van der Waals surface area contributed by atoms with Crippen molar-refractivity contribution in [1.29, 1.82) is 0 Å². The van der Waals surface area contributed by atoms with E-state index in [0.29, 0.717) is 0 Å². The summed E-state index contributed by atoms with van der Waals surface area (Å²) in [5.41, 5.74) is 1.09. The van der Waals surface area contributed by atoms with Gasteiger partial charge in [0, 0.05) is 19.1 Å². The van der Waals surface area contributed by atoms with Crippen LogP contribution in [-0.4, -0.2) is 47.4 Å². The van der Waals surface area contributed by atoms with E-state index >= 15 is 0 Å². The second-order valence-corrected chi connectivity index (χ2v) is 7.54. The number of piperidine rings is 1. The lowest BCUT2D eigenvalue weighted by Crippen LogP contribution is -2.49. The minimum absolute atomic E-state index is 0.0211. The van der Waals surface area contributed by atoms with Crippen LogP contribution in [0.1, 0.15) is 44.6 Å². The predicted octanol–water partition coefficient (Wildman–Crippen LogP) is 3.04. The van der Waals surface area contributed by atoms with Crippen LogP contribution in [0.5, 0.6) is 0 Å². The summed E-state index contributed by atoms with van der Waals surface area (Å²) in [6, 6.07) is 10.2. The van der Waals surface area contributed by atoms with Crippen LogP contribution in [0.3, 0.4) is 0 Å². The summed E-state index contributed by atoms with van der Waals surface area (Å²) in [5, 5.41) is 3.09. The van der Waals surface area contributed by atoms with E-state index in [-0.39, 0.29) is 29.0 Å². The first-order valence-electron chi connectivity index (χ1n) is 8.73. The zero-order chi connectivity index (χ0) is 17.5. The molecule has 24 heavy (non-hydrogen) atoms. The molecule has 4 nitrogen and oxygen atoms in total. The van der Waals surface area contributed by atoms with Gasteiger partial charge in [0.25, 0.3) is 0 Å². The van der Waals surface area contributed by atoms with E-state index in [1.807, 2.05) is 48.4 Å². The highest BCUT2D eigenvalue weighted by Gasteiger charge is 2.29. The maximum absolute atomic E-state index is 12.8. The fourth-order valence-corrected chi connectivity index (χ4v) is 3.41. The van der Waals surface area contributed by atoms with Crippen molar-refractivity contribution in [3.63, 3.8) is 0 Å². The monoisotopic (exact) mass is 348 g/mol. The van der Waals surface area contributed by atoms with E-state index in [2.05, 4.69) is 12.2 Å². The number of nitrogens with zero attached hydrogens (tertiary/aromatic N) is 1. The first-order valence-corrected chi connectivity index (χ1v) is 10.0. The number of likely N-dealkylation sites (tertiary alicyclic amines) is 1. The molecule has 1 saturated heterocycles. The zero-order valence-corrected chi connectivity index (χ0v) is 15.6. The van der Waals surface area contributed by atoms with E-state index in [1.54, 1.807) is 11.8 Å². The molecule has 5 heteroatoms. The third-order valence-electron chi connectivity index (χ3n) is 4.78. The smallest absolute Gasteiger partial charge is 0.233 e. The molecule has 1 N–H and O–H groups in total. The van der Waals surface area contributed by atoms with Crippen LogP contribution >= 0.6 is 11.8 Å². The first-order chi connectivity index (χ1) is 11.6. The maximum atomic E-state index is 12.8. The molecule has 2 rings (SSSR count). The first kappa shape index (κ1) is 18.8. The molecular weight excluding hydrogens is 320 g/mol. The molecule has 0 aromatic heterocycles. The summed E-state index contributed by atoms with van der Waals surface area (Å²) in [5.74, 6) is 0.253. The molecule has 1 aliphatic heterocycles. The molecule has 2 atom stereocenters. The Morgan fingerprint density at radius 3 is 2.42 bits per heavy atom. The Bertz CT molecular complexity index is 542. The van der Waals surface area contributed by atoms with E-state index in [9.17, 15) is 9.59 Å². The number of nitrogens with one attached hydrogen (secondary N) is 1. The van der Waals surface area contributed by atoms with Crippen molar-refractivity contribution in [2.75, 3.05) is 19.3 Å². The number of carbonyl (C=O) groups excluding carboxylic acids is 2. The number of benzene rings is 1. The van der Waals surface area contributed by atoms with Crippen LogP contribution in [0.2, 0.25) is 0 Å². The van der Waals surface area contributed by atoms with Gasteiger partial charge >= 0.3 is 0 Å². The normalized spacial score (nSPS) is 18.0. The van der Waals surface area contributed by atoms with Gasteiger partial charge in [0.05, 0.1) is 11.2 Å². The van der Waals surface area contributed by atoms with Gasteiger partial charge in [-0.1, -0.05) is 37.3 Å². The molecule has 0 bridgehead atoms. The summed E-state index contributed by atoms with van der Waals surface area (Å²) in [4.78, 5) is 26.8. The van der Waals surface area contributed by atoms with Crippen LogP contribution in [0.15, 0.2) is 30.3 Å². The lowest BCUT2D eigenvalue weighted by molar-refractivity contribution is -0.134. The van der Waals surface area contributed by atoms with E-state index < -0.39 is 0 Å². The molecule has 1 heterocycles. The highest BCUT2D eigenvalue weighted by Crippen LogP contribution is 2.24. The van der Waals surface area contributed by atoms with Gasteiger partial charge in [-0.25, -0.2) is 0 Å². The fourth-order valence-electron chi connectivity index (χ4n) is 3.13. The van der Waals surface area contributed by atoms with Crippen molar-refractivity contribution < 1.29 is 9.59 Å². The molecule has 0 spiro atoms. The van der Waals surface area contributed by atoms with Gasteiger partial charge in [0.15, 0.2) is 0 Å². The predicted molar refractivity (Wildman–Crippen MR) is 100 cm³/mol. The van der Waals surface area contributed by atoms with E-state index in [0.717, 1.165) is 37.9 Å². The molecule has 1 fully saturated rings. The minimum atomic E-state index is -0.0612. The van der Waals surface area contributed by atoms with Gasteiger partial charge in [-0.15, -0.1) is 0 Å². The maximum Gasteiger partial charge on any atom is 0.233 e. The quantitative estimate of drug-likeness (QED) is 0.860. The Kier molecular flexibility index (Phi) is 7.16. The number of carbonyl (C=O) groups is 2. The fraction of sp³-hybridized carbons (Fsp3) is 0.579. The Hall–Kier alpha value is -1.49. The third-order valence-corrected chi connectivity index (χ3v) is 5.71. The van der Waals surface area contributed by atoms with Crippen LogP contribution in [0.25, 0.3) is 0 Å². The van der Waals surface area contributed by atoms with Crippen molar-refractivity contribution >= 4 is 23.6 Å². The van der Waals surface area contributed by atoms with Crippen LogP contribution in [0.4, 0.5) is 0 Å². The van der Waals surface area contributed by atoms with Crippen molar-refractivity contribution in [3.05, 3.63) is 35.9 Å². The van der Waals surface area contributed by atoms with Gasteiger partial charge in [0.1, 0.15) is 0 Å². The summed E-state index contributed by atoms with van der Waals surface area (Å²) in [6.45, 7) is 5.43. The summed E-state index contributed by atoms with van der Waals surface area (Å²) in [7, 11) is 0. The van der Waals surface area contributed by atoms with Gasteiger partial charge in [-0.3, -0.25) is 9.59 Å². The van der Waals surface area contributed by atoms with Gasteiger partial charge in [0.2, 0.25) is 11.8 Å². The van der Waals surface area contributed by atoms with E-state index in [4.69, 9.17) is 0 Å². The molecule has 0 radical (unpaired) electrons. The highest BCUT2D eigenvalue weighted by atomic mass is 32.2. The molecule has 1 aromatic carbocycles. The van der Waals surface area contributed by atoms with Gasteiger partial charge < -0.3 is 10.2 Å². The topological polar surface area (TPSA) is 49.4 Å². The van der Waals surface area contributed by atoms with Crippen molar-refractivity contribution in [1.82, 2.24) is 10.2 Å². The number of hydrogen-bond donors (Lipinski definition) is 1. The highest BCUT2D eigenvalue weighted by molar-refractivity contribution is 7.99. The van der Waals surface area contributed by atoms with Crippen molar-refractivity contribution in [2.24, 2.45) is 0 Å². The average molecular weight is 349 g/mol. The molecule has 132 valence electrons. The Morgan fingerprint density at radius 1 is 1.25 bits per heavy atom. The summed E-state index contributed by atoms with van der Waals surface area (Å²) < 4.78 is 0. The average Bonchev–Trinajstić information content (AvgIpc) is 2.63. The molecule has 0 saturated carbocycles. The Balaban J connectivity index is 1.89. The molecule has 0 aliphatic carbocycles. The number of thioether (sulfide) groups is 1. The van der Waals surface area contributed by atoms with E-state index in [1.165, 1.54) is 0 Å². The van der Waals surface area contributed by atoms with Crippen molar-refractivity contribution in [2.45, 2.75) is 50.3 Å². The molecule has 2 amide bonds. The summed E-state index contributed by atoms with van der Waals surface area (Å²) >= 11 is 1.55. The number of hydrogen-bond acceptors (Lipinski definition) is 3. The Morgan fingerprint density at radius 2 is 1.88 bits per heavy atom. The largest absolute Gasteiger partial charge is 0.352 e. The standard InChI is InChI=1S/C19H28N2O2S/c1-4-17(15-8-6-5-7-9-15)19(23)21-12-10-16(11-13-21)20-18(22)14(2)24-3/h5-9,14,16-17H,4,10-13H2,1-3H3,(H,20,22)/t14-,17-/m1/s1. The lowest BCUT2D eigenvalue weighted by Gasteiger charge is -2.34. The summed E-state index contributed by atoms with van der Waals surface area (Å²) in [6.07, 6.45) is 4.43. The molecular formula is C19H28N2O2S. The van der Waals surface area contributed by atoms with Crippen LogP contribution in [0, 0.1) is 0 Å². The number of rotatable bonds is 6. The third kappa shape index (κ3) is 4.76. The molecule has 0 unspecified atom stereocenters. The second kappa shape index (κ2) is 9.11. The minimum Gasteiger partial charge on any atom is -0.352 e. The second-order valence-electron chi connectivity index (χ2n) is 6.36. The number of amides is 2. The SMILES string of the molecule is CC[C@@H](C(=O)N1CCC(NC(=O)[C@@H](C)SC)CC1)c1ccccc1. The molecule has 1 aliphatic rings. The van der Waals surface area contributed by atoms with Gasteiger partial charge in [-0.05, 0) is 38.0 Å². The van der Waals surface area contributed by atoms with Crippen LogP contribution in [-0.2, 0) is 9.59 Å². The Labute approximate surface area is 149 Å². The zero-order valence-electron chi connectivity index (χ0n) is 14.8. The van der Waals surface area contributed by atoms with Crippen LogP contribution < -0.4 is 5.32 Å². The van der Waals surface area contributed by atoms with Gasteiger partial charge in [-0.2, -0.15) is 11.8 Å². The van der Waals surface area contributed by atoms with Crippen molar-refractivity contribution in [3.8, 4) is 0 Å². The molecule has 1 aromatic rings. The lowest BCUT2D eigenvalue weighted by atomic mass is 9.93.